The van der Waals surface area contributed by atoms with E-state index in [-0.39, 0.29) is 5.41 Å². The van der Waals surface area contributed by atoms with Crippen LogP contribution in [0.4, 0.5) is 0 Å². The lowest BCUT2D eigenvalue weighted by molar-refractivity contribution is 0.112. The highest BCUT2D eigenvalue weighted by Gasteiger charge is 2.19. The van der Waals surface area contributed by atoms with Crippen molar-refractivity contribution >= 4 is 18.0 Å². The predicted molar refractivity (Wildman–Crippen MR) is 103 cm³/mol. The van der Waals surface area contributed by atoms with Crippen LogP contribution in [0.3, 0.4) is 0 Å². The Morgan fingerprint density at radius 3 is 2.20 bits per heavy atom. The van der Waals surface area contributed by atoms with Crippen LogP contribution in [0.25, 0.3) is 11.3 Å². The van der Waals surface area contributed by atoms with Gasteiger partial charge in [0.15, 0.2) is 6.29 Å². The van der Waals surface area contributed by atoms with E-state index in [1.807, 2.05) is 37.4 Å². The Kier molecular flexibility index (Phi) is 4.82. The van der Waals surface area contributed by atoms with E-state index in [1.165, 1.54) is 5.56 Å². The molecule has 4 heteroatoms. The molecule has 0 fully saturated rings. The summed E-state index contributed by atoms with van der Waals surface area (Å²) in [5, 5.41) is 5.43. The molecule has 3 rings (SSSR count). The lowest BCUT2D eigenvalue weighted by atomic mass is 9.87. The fourth-order valence-electron chi connectivity index (χ4n) is 2.70. The van der Waals surface area contributed by atoms with Gasteiger partial charge in [0.2, 0.25) is 0 Å². The minimum Gasteiger partial charge on any atom is -0.298 e. The summed E-state index contributed by atoms with van der Waals surface area (Å²) in [7, 11) is 1.88. The van der Waals surface area contributed by atoms with Gasteiger partial charge in [0, 0.05) is 17.5 Å². The summed E-state index contributed by atoms with van der Waals surface area (Å²) in [4.78, 5) is 12.8. The normalized spacial score (nSPS) is 11.5. The van der Waals surface area contributed by atoms with Gasteiger partial charge in [-0.1, -0.05) is 75.0 Å². The van der Waals surface area contributed by atoms with Crippen LogP contribution in [0, 0.1) is 0 Å². The van der Waals surface area contributed by atoms with Crippen molar-refractivity contribution in [1.82, 2.24) is 9.78 Å². The average molecular weight is 350 g/mol. The maximum atomic E-state index is 11.7. The van der Waals surface area contributed by atoms with Crippen molar-refractivity contribution in [3.8, 4) is 11.3 Å². The second kappa shape index (κ2) is 6.89. The maximum absolute atomic E-state index is 11.7. The number of rotatable bonds is 4. The largest absolute Gasteiger partial charge is 0.298 e. The first kappa shape index (κ1) is 17.5. The Morgan fingerprint density at radius 2 is 1.64 bits per heavy atom. The van der Waals surface area contributed by atoms with Gasteiger partial charge in [0.05, 0.1) is 5.56 Å². The molecular weight excluding hydrogens is 328 g/mol. The van der Waals surface area contributed by atoms with Gasteiger partial charge in [-0.25, -0.2) is 0 Å². The zero-order valence-corrected chi connectivity index (χ0v) is 15.8. The highest BCUT2D eigenvalue weighted by Crippen LogP contribution is 2.35. The van der Waals surface area contributed by atoms with Gasteiger partial charge >= 0.3 is 0 Å². The van der Waals surface area contributed by atoms with E-state index in [1.54, 1.807) is 16.4 Å². The molecule has 0 atom stereocenters. The summed E-state index contributed by atoms with van der Waals surface area (Å²) in [5.41, 5.74) is 3.74. The Morgan fingerprint density at radius 1 is 1.00 bits per heavy atom. The number of aryl methyl sites for hydroxylation is 1. The zero-order chi connectivity index (χ0) is 18.0. The second-order valence-electron chi connectivity index (χ2n) is 7.05. The molecule has 1 heterocycles. The molecule has 0 spiro atoms. The van der Waals surface area contributed by atoms with Crippen LogP contribution in [0.15, 0.2) is 64.5 Å². The molecule has 0 saturated carbocycles. The first-order valence-electron chi connectivity index (χ1n) is 8.26. The maximum Gasteiger partial charge on any atom is 0.155 e. The number of hydrogen-bond acceptors (Lipinski definition) is 3. The molecule has 0 unspecified atom stereocenters. The van der Waals surface area contributed by atoms with Gasteiger partial charge in [-0.2, -0.15) is 5.10 Å². The fraction of sp³-hybridized carbons (Fsp3) is 0.238. The molecule has 3 aromatic rings. The van der Waals surface area contributed by atoms with E-state index in [4.69, 9.17) is 0 Å². The Hall–Kier alpha value is -2.33. The number of carbonyl (C=O) groups excluding carboxylic acids is 1. The van der Waals surface area contributed by atoms with Crippen LogP contribution >= 0.6 is 11.8 Å². The summed E-state index contributed by atoms with van der Waals surface area (Å²) in [6, 6.07) is 18.3. The molecule has 0 aliphatic rings. The summed E-state index contributed by atoms with van der Waals surface area (Å²) < 4.78 is 1.79. The van der Waals surface area contributed by atoms with E-state index in [2.05, 4.69) is 50.1 Å². The minimum atomic E-state index is 0.129. The molecule has 0 N–H and O–H groups in total. The second-order valence-corrected chi connectivity index (χ2v) is 8.11. The van der Waals surface area contributed by atoms with Crippen molar-refractivity contribution in [2.45, 2.75) is 36.1 Å². The van der Waals surface area contributed by atoms with Crippen LogP contribution < -0.4 is 0 Å². The monoisotopic (exact) mass is 350 g/mol. The lowest BCUT2D eigenvalue weighted by Crippen LogP contribution is -2.10. The molecule has 0 amide bonds. The van der Waals surface area contributed by atoms with Gasteiger partial charge in [-0.3, -0.25) is 9.48 Å². The van der Waals surface area contributed by atoms with Gasteiger partial charge in [0.25, 0.3) is 0 Å². The highest BCUT2D eigenvalue weighted by molar-refractivity contribution is 7.99. The van der Waals surface area contributed by atoms with Crippen LogP contribution in [0.5, 0.6) is 0 Å². The quantitative estimate of drug-likeness (QED) is 0.595. The third kappa shape index (κ3) is 3.69. The standard InChI is InChI=1S/C21H22N2OS/c1-21(2,3)16-10-12-17(13-11-16)25-20-18(14-24)19(22-23(20)4)15-8-6-5-7-9-15/h5-14H,1-4H3. The third-order valence-electron chi connectivity index (χ3n) is 4.13. The predicted octanol–water partition coefficient (Wildman–Crippen LogP) is 5.35. The summed E-state index contributed by atoms with van der Waals surface area (Å²) in [5.74, 6) is 0. The van der Waals surface area contributed by atoms with Crippen molar-refractivity contribution in [2.75, 3.05) is 0 Å². The molecule has 0 saturated heterocycles. The van der Waals surface area contributed by atoms with E-state index >= 15 is 0 Å². The number of benzene rings is 2. The van der Waals surface area contributed by atoms with Crippen molar-refractivity contribution in [3.05, 3.63) is 65.7 Å². The molecule has 128 valence electrons. The van der Waals surface area contributed by atoms with E-state index in [0.717, 1.165) is 27.5 Å². The molecular formula is C21H22N2OS. The molecule has 2 aromatic carbocycles. The van der Waals surface area contributed by atoms with Crippen molar-refractivity contribution in [2.24, 2.45) is 7.05 Å². The summed E-state index contributed by atoms with van der Waals surface area (Å²) in [6.45, 7) is 6.60. The SMILES string of the molecule is Cn1nc(-c2ccccc2)c(C=O)c1Sc1ccc(C(C)(C)C)cc1. The van der Waals surface area contributed by atoms with Crippen LogP contribution in [-0.2, 0) is 12.5 Å². The Balaban J connectivity index is 1.96. The molecule has 25 heavy (non-hydrogen) atoms. The minimum absolute atomic E-state index is 0.129. The average Bonchev–Trinajstić information content (AvgIpc) is 2.91. The fourth-order valence-corrected chi connectivity index (χ4v) is 3.62. The number of nitrogens with zero attached hydrogens (tertiary/aromatic N) is 2. The van der Waals surface area contributed by atoms with Crippen LogP contribution in [0.2, 0.25) is 0 Å². The van der Waals surface area contributed by atoms with E-state index in [9.17, 15) is 4.79 Å². The van der Waals surface area contributed by atoms with Gasteiger partial charge < -0.3 is 0 Å². The van der Waals surface area contributed by atoms with Crippen molar-refractivity contribution in [1.29, 1.82) is 0 Å². The Bertz CT molecular complexity index is 875. The third-order valence-corrected chi connectivity index (χ3v) is 5.31. The lowest BCUT2D eigenvalue weighted by Gasteiger charge is -2.19. The summed E-state index contributed by atoms with van der Waals surface area (Å²) >= 11 is 1.57. The number of aromatic nitrogens is 2. The van der Waals surface area contributed by atoms with E-state index < -0.39 is 0 Å². The molecule has 0 aliphatic carbocycles. The van der Waals surface area contributed by atoms with Crippen molar-refractivity contribution in [3.63, 3.8) is 0 Å². The van der Waals surface area contributed by atoms with Gasteiger partial charge in [-0.15, -0.1) is 0 Å². The van der Waals surface area contributed by atoms with Crippen LogP contribution in [-0.4, -0.2) is 16.1 Å². The first-order valence-corrected chi connectivity index (χ1v) is 9.08. The molecule has 3 nitrogen and oxygen atoms in total. The number of carbonyl (C=O) groups is 1. The number of hydrogen-bond donors (Lipinski definition) is 0. The van der Waals surface area contributed by atoms with Crippen molar-refractivity contribution < 1.29 is 4.79 Å². The topological polar surface area (TPSA) is 34.9 Å². The molecule has 0 radical (unpaired) electrons. The molecule has 0 bridgehead atoms. The van der Waals surface area contributed by atoms with Gasteiger partial charge in [-0.05, 0) is 23.1 Å². The van der Waals surface area contributed by atoms with Gasteiger partial charge in [0.1, 0.15) is 10.7 Å². The highest BCUT2D eigenvalue weighted by atomic mass is 32.2. The number of aldehydes is 1. The van der Waals surface area contributed by atoms with E-state index in [0.29, 0.717) is 5.56 Å². The zero-order valence-electron chi connectivity index (χ0n) is 15.0. The smallest absolute Gasteiger partial charge is 0.155 e. The summed E-state index contributed by atoms with van der Waals surface area (Å²) in [6.07, 6.45) is 0.904. The molecule has 1 aromatic heterocycles. The molecule has 0 aliphatic heterocycles. The first-order chi connectivity index (χ1) is 11.9. The van der Waals surface area contributed by atoms with Crippen LogP contribution in [0.1, 0.15) is 36.7 Å². The Labute approximate surface area is 153 Å².